The van der Waals surface area contributed by atoms with Crippen LogP contribution >= 0.6 is 22.9 Å². The number of piperidine rings is 1. The van der Waals surface area contributed by atoms with E-state index in [9.17, 15) is 14.4 Å². The molecule has 1 fully saturated rings. The predicted octanol–water partition coefficient (Wildman–Crippen LogP) is 5.88. The SMILES string of the molecule is CC(=N)N1C(=N)CN=C(c2ccc(Cl)cc2)c2c1sc(C#Cc1ccc(CCC#Cc3cccc4c3CN(C3CCC(=O)NC3=O)C4=O)cn1)c2C. The quantitative estimate of drug-likeness (QED) is 0.104. The molecule has 2 aromatic carbocycles. The number of aromatic nitrogens is 1. The largest absolute Gasteiger partial charge is 0.322 e. The fourth-order valence-electron chi connectivity index (χ4n) is 6.51. The van der Waals surface area contributed by atoms with Gasteiger partial charge >= 0.3 is 0 Å². The summed E-state index contributed by atoms with van der Waals surface area (Å²) < 4.78 is 0. The molecular weight excluding hydrogens is 694 g/mol. The second-order valence-corrected chi connectivity index (χ2v) is 14.0. The van der Waals surface area contributed by atoms with E-state index in [1.165, 1.54) is 16.2 Å². The van der Waals surface area contributed by atoms with Gasteiger partial charge in [-0.1, -0.05) is 47.7 Å². The van der Waals surface area contributed by atoms with Crippen LogP contribution in [0.3, 0.4) is 0 Å². The Hall–Kier alpha value is -5.88. The smallest absolute Gasteiger partial charge is 0.255 e. The van der Waals surface area contributed by atoms with E-state index in [4.69, 9.17) is 27.4 Å². The predicted molar refractivity (Wildman–Crippen MR) is 203 cm³/mol. The first kappa shape index (κ1) is 34.6. The van der Waals surface area contributed by atoms with Crippen molar-refractivity contribution in [2.45, 2.75) is 52.1 Å². The number of amidine groups is 2. The maximum atomic E-state index is 13.1. The molecule has 3 aliphatic rings. The number of halogens is 1. The minimum atomic E-state index is -0.664. The van der Waals surface area contributed by atoms with Gasteiger partial charge in [-0.15, -0.1) is 11.3 Å². The van der Waals surface area contributed by atoms with Crippen molar-refractivity contribution in [3.63, 3.8) is 0 Å². The Bertz CT molecular complexity index is 2340. The van der Waals surface area contributed by atoms with E-state index in [1.54, 1.807) is 30.2 Å². The molecule has 5 heterocycles. The van der Waals surface area contributed by atoms with Crippen LogP contribution in [0.5, 0.6) is 0 Å². The van der Waals surface area contributed by atoms with Crippen LogP contribution in [0.4, 0.5) is 5.00 Å². The third-order valence-corrected chi connectivity index (χ3v) is 10.6. The molecule has 0 spiro atoms. The number of pyridine rings is 1. The van der Waals surface area contributed by atoms with E-state index in [0.29, 0.717) is 35.5 Å². The number of carbonyl (C=O) groups is 3. The lowest BCUT2D eigenvalue weighted by atomic mass is 9.99. The van der Waals surface area contributed by atoms with E-state index < -0.39 is 11.9 Å². The van der Waals surface area contributed by atoms with E-state index in [0.717, 1.165) is 49.0 Å². The summed E-state index contributed by atoms with van der Waals surface area (Å²) in [7, 11) is 0. The molecule has 258 valence electrons. The number of carbonyl (C=O) groups excluding carboxylic acids is 3. The molecule has 3 N–H and O–H groups in total. The summed E-state index contributed by atoms with van der Waals surface area (Å²) in [6, 6.07) is 16.1. The number of rotatable bonds is 4. The van der Waals surface area contributed by atoms with Crippen molar-refractivity contribution in [1.82, 2.24) is 15.2 Å². The molecule has 52 heavy (non-hydrogen) atoms. The van der Waals surface area contributed by atoms with Crippen LogP contribution in [0.1, 0.15) is 80.5 Å². The number of nitrogens with zero attached hydrogens (tertiary/aromatic N) is 4. The zero-order valence-electron chi connectivity index (χ0n) is 28.4. The molecule has 1 atom stereocenters. The van der Waals surface area contributed by atoms with E-state index in [-0.39, 0.29) is 43.0 Å². The molecule has 0 saturated carbocycles. The van der Waals surface area contributed by atoms with Crippen molar-refractivity contribution in [2.75, 3.05) is 11.4 Å². The van der Waals surface area contributed by atoms with E-state index in [2.05, 4.69) is 34.0 Å². The van der Waals surface area contributed by atoms with Crippen molar-refractivity contribution in [1.29, 1.82) is 10.8 Å². The van der Waals surface area contributed by atoms with Gasteiger partial charge in [0.05, 0.1) is 17.1 Å². The number of benzene rings is 2. The second-order valence-electron chi connectivity index (χ2n) is 12.6. The zero-order valence-corrected chi connectivity index (χ0v) is 30.0. The number of amides is 3. The molecule has 1 unspecified atom stereocenters. The highest BCUT2D eigenvalue weighted by molar-refractivity contribution is 7.17. The first-order chi connectivity index (χ1) is 25.1. The van der Waals surface area contributed by atoms with Gasteiger partial charge in [0.2, 0.25) is 11.8 Å². The zero-order chi connectivity index (χ0) is 36.5. The average Bonchev–Trinajstić information content (AvgIpc) is 3.57. The molecule has 3 aliphatic heterocycles. The van der Waals surface area contributed by atoms with Crippen molar-refractivity contribution in [3.05, 3.63) is 115 Å². The van der Waals surface area contributed by atoms with Crippen LogP contribution in [0.15, 0.2) is 65.8 Å². The number of imide groups is 1. The summed E-state index contributed by atoms with van der Waals surface area (Å²) in [6.45, 7) is 4.09. The van der Waals surface area contributed by atoms with Gasteiger partial charge < -0.3 is 4.90 Å². The first-order valence-corrected chi connectivity index (χ1v) is 17.9. The average molecular weight is 726 g/mol. The number of fused-ring (bicyclic) bond motifs is 2. The van der Waals surface area contributed by atoms with Crippen LogP contribution in [-0.4, -0.2) is 57.6 Å². The summed E-state index contributed by atoms with van der Waals surface area (Å²) in [5, 5.41) is 20.8. The van der Waals surface area contributed by atoms with Crippen LogP contribution in [0.2, 0.25) is 5.02 Å². The molecular formula is C40H32ClN7O3S. The monoisotopic (exact) mass is 725 g/mol. The first-order valence-electron chi connectivity index (χ1n) is 16.7. The fourth-order valence-corrected chi connectivity index (χ4v) is 7.88. The minimum absolute atomic E-state index is 0.151. The number of nitrogens with one attached hydrogen (secondary N) is 3. The molecule has 0 bridgehead atoms. The summed E-state index contributed by atoms with van der Waals surface area (Å²) in [6.07, 6.45) is 3.58. The van der Waals surface area contributed by atoms with Crippen LogP contribution in [0, 0.1) is 41.4 Å². The molecule has 0 aliphatic carbocycles. The van der Waals surface area contributed by atoms with Gasteiger partial charge in [0.1, 0.15) is 28.4 Å². The molecule has 3 amide bonds. The number of aryl methyl sites for hydroxylation is 1. The van der Waals surface area contributed by atoms with Crippen LogP contribution < -0.4 is 10.2 Å². The standard InChI is InChI=1S/C40H32ClN7O3S/c1-23-33(52-40-36(23)37(27-11-13-28(41)14-12-27)45-21-34(43)48(40)24(2)42)18-16-29-15-10-25(20-44-29)6-3-4-7-26-8-5-9-30-31(26)22-47(39(30)51)32-17-19-35(49)46-38(32)50/h5,8-15,20,32,42-43H,3,6,17,19,21-22H2,1-2H3,(H,46,49,50). The fraction of sp³-hybridized carbons (Fsp3) is 0.225. The Morgan fingerprint density at radius 1 is 1.08 bits per heavy atom. The van der Waals surface area contributed by atoms with Crippen molar-refractivity contribution in [2.24, 2.45) is 4.99 Å². The molecule has 7 rings (SSSR count). The van der Waals surface area contributed by atoms with Gasteiger partial charge in [0.15, 0.2) is 0 Å². The van der Waals surface area contributed by atoms with Crippen molar-refractivity contribution < 1.29 is 14.4 Å². The van der Waals surface area contributed by atoms with Crippen molar-refractivity contribution >= 4 is 63.0 Å². The highest BCUT2D eigenvalue weighted by Gasteiger charge is 2.39. The maximum Gasteiger partial charge on any atom is 0.255 e. The lowest BCUT2D eigenvalue weighted by Crippen LogP contribution is -2.52. The molecule has 1 saturated heterocycles. The Morgan fingerprint density at radius 2 is 1.88 bits per heavy atom. The number of hydrogen-bond donors (Lipinski definition) is 3. The third kappa shape index (κ3) is 6.76. The lowest BCUT2D eigenvalue weighted by Gasteiger charge is -2.29. The van der Waals surface area contributed by atoms with Gasteiger partial charge in [-0.2, -0.15) is 0 Å². The van der Waals surface area contributed by atoms with Gasteiger partial charge in [-0.3, -0.25) is 40.4 Å². The Morgan fingerprint density at radius 3 is 2.62 bits per heavy atom. The molecule has 0 radical (unpaired) electrons. The summed E-state index contributed by atoms with van der Waals surface area (Å²) in [4.78, 5) is 50.5. The number of thiophene rings is 1. The lowest BCUT2D eigenvalue weighted by molar-refractivity contribution is -0.136. The van der Waals surface area contributed by atoms with E-state index in [1.807, 2.05) is 49.4 Å². The Balaban J connectivity index is 1.04. The summed E-state index contributed by atoms with van der Waals surface area (Å²) >= 11 is 7.59. The van der Waals surface area contributed by atoms with Gasteiger partial charge in [-0.25, -0.2) is 4.98 Å². The molecule has 2 aromatic heterocycles. The van der Waals surface area contributed by atoms with Crippen LogP contribution in [0.25, 0.3) is 0 Å². The number of aliphatic imine (C=N–C) groups is 1. The summed E-state index contributed by atoms with van der Waals surface area (Å²) in [5.74, 6) is 12.4. The van der Waals surface area contributed by atoms with Gasteiger partial charge in [0, 0.05) is 52.9 Å². The Kier molecular flexibility index (Phi) is 9.57. The second kappa shape index (κ2) is 14.4. The normalized spacial score (nSPS) is 16.5. The number of hydrogen-bond acceptors (Lipinski definition) is 8. The van der Waals surface area contributed by atoms with Crippen molar-refractivity contribution in [3.8, 4) is 23.7 Å². The molecule has 4 aromatic rings. The van der Waals surface area contributed by atoms with Gasteiger partial charge in [0.25, 0.3) is 5.91 Å². The van der Waals surface area contributed by atoms with Crippen LogP contribution in [-0.2, 0) is 22.6 Å². The Labute approximate surface area is 310 Å². The summed E-state index contributed by atoms with van der Waals surface area (Å²) in [5.41, 5.74) is 7.13. The maximum absolute atomic E-state index is 13.1. The molecule has 10 nitrogen and oxygen atoms in total. The van der Waals surface area contributed by atoms with Gasteiger partial charge in [-0.05, 0) is 85.6 Å². The highest BCUT2D eigenvalue weighted by Crippen LogP contribution is 2.39. The topological polar surface area (TPSA) is 143 Å². The molecule has 12 heteroatoms. The third-order valence-electron chi connectivity index (χ3n) is 9.15. The number of anilines is 1. The highest BCUT2D eigenvalue weighted by atomic mass is 35.5. The minimum Gasteiger partial charge on any atom is -0.322 e. The van der Waals surface area contributed by atoms with E-state index >= 15 is 0 Å².